The minimum atomic E-state index is -0.853. The topological polar surface area (TPSA) is 91.5 Å². The van der Waals surface area contributed by atoms with E-state index in [-0.39, 0.29) is 0 Å². The summed E-state index contributed by atoms with van der Waals surface area (Å²) in [4.78, 5) is 26.7. The second-order valence-electron chi connectivity index (χ2n) is 3.53. The number of halogens is 1. The Balaban J connectivity index is 2.51. The molecule has 1 N–H and O–H groups in total. The molecule has 1 aromatic carbocycles. The number of nitriles is 1. The number of aromatic amines is 1. The molecule has 0 aliphatic rings. The number of aromatic nitrogens is 3. The van der Waals surface area contributed by atoms with Crippen LogP contribution in [-0.2, 0) is 7.05 Å². The molecule has 0 aliphatic carbocycles. The molecule has 19 heavy (non-hydrogen) atoms. The molecule has 6 nitrogen and oxygen atoms in total. The van der Waals surface area contributed by atoms with Gasteiger partial charge in [-0.2, -0.15) is 10.2 Å². The number of aryl methyl sites for hydroxylation is 1. The highest BCUT2D eigenvalue weighted by Crippen LogP contribution is 2.31. The summed E-state index contributed by atoms with van der Waals surface area (Å²) in [5, 5.41) is 11.8. The van der Waals surface area contributed by atoms with Crippen molar-refractivity contribution in [2.45, 2.75) is 10.1 Å². The van der Waals surface area contributed by atoms with Gasteiger partial charge in [0.2, 0.25) is 0 Å². The maximum Gasteiger partial charge on any atom is 0.339 e. The molecule has 0 atom stereocenters. The van der Waals surface area contributed by atoms with E-state index in [1.165, 1.54) is 4.68 Å². The third-order valence-electron chi connectivity index (χ3n) is 2.24. The highest BCUT2D eigenvalue weighted by atomic mass is 79.9. The second-order valence-corrected chi connectivity index (χ2v) is 5.39. The van der Waals surface area contributed by atoms with E-state index in [0.29, 0.717) is 20.1 Å². The van der Waals surface area contributed by atoms with Crippen LogP contribution in [0.2, 0.25) is 0 Å². The standard InChI is InChI=1S/C11H7BrN4O2S/c1-16-11(14-9(17)10(18)15-16)19-8-4-2-3-7(12)6(8)5-13/h2-4H,1H3,(H,15,18). The fourth-order valence-electron chi connectivity index (χ4n) is 1.35. The number of benzene rings is 1. The summed E-state index contributed by atoms with van der Waals surface area (Å²) >= 11 is 4.41. The van der Waals surface area contributed by atoms with Crippen LogP contribution in [-0.4, -0.2) is 14.8 Å². The Kier molecular flexibility index (Phi) is 3.87. The maximum atomic E-state index is 11.2. The number of rotatable bonds is 2. The lowest BCUT2D eigenvalue weighted by molar-refractivity contribution is 0.596. The van der Waals surface area contributed by atoms with E-state index in [9.17, 15) is 9.59 Å². The van der Waals surface area contributed by atoms with Crippen molar-refractivity contribution in [1.29, 1.82) is 5.26 Å². The van der Waals surface area contributed by atoms with Gasteiger partial charge in [0.25, 0.3) is 0 Å². The highest BCUT2D eigenvalue weighted by molar-refractivity contribution is 9.10. The first-order valence-corrected chi connectivity index (χ1v) is 6.67. The number of nitrogens with one attached hydrogen (secondary N) is 1. The summed E-state index contributed by atoms with van der Waals surface area (Å²) in [6.07, 6.45) is 0. The van der Waals surface area contributed by atoms with Crippen LogP contribution in [0.3, 0.4) is 0 Å². The van der Waals surface area contributed by atoms with E-state index < -0.39 is 11.1 Å². The lowest BCUT2D eigenvalue weighted by atomic mass is 10.2. The van der Waals surface area contributed by atoms with Crippen molar-refractivity contribution in [2.24, 2.45) is 7.05 Å². The Bertz CT molecular complexity index is 791. The molecular weight excluding hydrogens is 332 g/mol. The van der Waals surface area contributed by atoms with Crippen molar-refractivity contribution < 1.29 is 0 Å². The number of hydrogen-bond donors (Lipinski definition) is 1. The minimum absolute atomic E-state index is 0.305. The summed E-state index contributed by atoms with van der Waals surface area (Å²) in [7, 11) is 1.57. The molecule has 1 aromatic heterocycles. The molecule has 0 saturated carbocycles. The van der Waals surface area contributed by atoms with E-state index >= 15 is 0 Å². The monoisotopic (exact) mass is 338 g/mol. The number of nitrogens with zero attached hydrogens (tertiary/aromatic N) is 3. The predicted molar refractivity (Wildman–Crippen MR) is 73.1 cm³/mol. The van der Waals surface area contributed by atoms with Crippen LogP contribution in [0.1, 0.15) is 5.56 Å². The molecule has 96 valence electrons. The third kappa shape index (κ3) is 2.77. The van der Waals surface area contributed by atoms with Crippen molar-refractivity contribution in [1.82, 2.24) is 14.8 Å². The van der Waals surface area contributed by atoms with Gasteiger partial charge in [-0.05, 0) is 39.8 Å². The Morgan fingerprint density at radius 1 is 1.47 bits per heavy atom. The molecule has 2 rings (SSSR count). The molecule has 0 saturated heterocycles. The van der Waals surface area contributed by atoms with Crippen molar-refractivity contribution in [2.75, 3.05) is 0 Å². The van der Waals surface area contributed by atoms with Crippen LogP contribution >= 0.6 is 27.7 Å². The zero-order valence-electron chi connectivity index (χ0n) is 9.68. The summed E-state index contributed by atoms with van der Waals surface area (Å²) in [6.45, 7) is 0. The van der Waals surface area contributed by atoms with Crippen molar-refractivity contribution >= 4 is 27.7 Å². The second kappa shape index (κ2) is 5.42. The van der Waals surface area contributed by atoms with Gasteiger partial charge in [-0.25, -0.2) is 0 Å². The van der Waals surface area contributed by atoms with Gasteiger partial charge in [0.1, 0.15) is 6.07 Å². The lowest BCUT2D eigenvalue weighted by Gasteiger charge is -2.07. The van der Waals surface area contributed by atoms with Crippen molar-refractivity contribution in [3.63, 3.8) is 0 Å². The fourth-order valence-corrected chi connectivity index (χ4v) is 2.85. The zero-order valence-corrected chi connectivity index (χ0v) is 12.1. The van der Waals surface area contributed by atoms with Gasteiger partial charge in [-0.1, -0.05) is 6.07 Å². The molecule has 0 radical (unpaired) electrons. The van der Waals surface area contributed by atoms with Crippen molar-refractivity contribution in [3.8, 4) is 6.07 Å². The average molecular weight is 339 g/mol. The van der Waals surface area contributed by atoms with Crippen LogP contribution in [0.5, 0.6) is 0 Å². The first-order valence-electron chi connectivity index (χ1n) is 5.06. The number of hydrogen-bond acceptors (Lipinski definition) is 5. The third-order valence-corrected chi connectivity index (χ3v) is 4.00. The average Bonchev–Trinajstić information content (AvgIpc) is 2.36. The van der Waals surface area contributed by atoms with Gasteiger partial charge in [-0.15, -0.1) is 0 Å². The van der Waals surface area contributed by atoms with Gasteiger partial charge in [-0.3, -0.25) is 19.4 Å². The molecule has 0 amide bonds. The Morgan fingerprint density at radius 2 is 2.21 bits per heavy atom. The molecule has 0 aliphatic heterocycles. The molecule has 0 fully saturated rings. The van der Waals surface area contributed by atoms with Crippen molar-refractivity contribution in [3.05, 3.63) is 48.9 Å². The van der Waals surface area contributed by atoms with E-state index in [1.54, 1.807) is 25.2 Å². The van der Waals surface area contributed by atoms with Crippen LogP contribution in [0.15, 0.2) is 42.3 Å². The van der Waals surface area contributed by atoms with Crippen LogP contribution < -0.4 is 11.1 Å². The summed E-state index contributed by atoms with van der Waals surface area (Å²) in [5.41, 5.74) is -1.18. The molecular formula is C11H7BrN4O2S. The Morgan fingerprint density at radius 3 is 2.89 bits per heavy atom. The first-order chi connectivity index (χ1) is 9.02. The molecule has 0 unspecified atom stereocenters. The fraction of sp³-hybridized carbons (Fsp3) is 0.0909. The van der Waals surface area contributed by atoms with Gasteiger partial charge in [0, 0.05) is 16.4 Å². The molecule has 0 spiro atoms. The van der Waals surface area contributed by atoms with Crippen LogP contribution in [0.25, 0.3) is 0 Å². The Hall–Kier alpha value is -1.85. The summed E-state index contributed by atoms with van der Waals surface area (Å²) in [5.74, 6) is 0. The van der Waals surface area contributed by atoms with Crippen LogP contribution in [0.4, 0.5) is 0 Å². The van der Waals surface area contributed by atoms with E-state index in [0.717, 1.165) is 11.8 Å². The highest BCUT2D eigenvalue weighted by Gasteiger charge is 2.11. The van der Waals surface area contributed by atoms with Gasteiger partial charge in [0.15, 0.2) is 5.16 Å². The molecule has 0 bridgehead atoms. The van der Waals surface area contributed by atoms with Gasteiger partial charge >= 0.3 is 11.1 Å². The zero-order chi connectivity index (χ0) is 14.0. The first kappa shape index (κ1) is 13.6. The smallest absolute Gasteiger partial charge is 0.265 e. The largest absolute Gasteiger partial charge is 0.339 e. The SMILES string of the molecule is Cn1[nH]c(=O)c(=O)nc1Sc1cccc(Br)c1C#N. The van der Waals surface area contributed by atoms with Gasteiger partial charge < -0.3 is 0 Å². The predicted octanol–water partition coefficient (Wildman–Crippen LogP) is 1.25. The molecule has 2 aromatic rings. The normalized spacial score (nSPS) is 10.2. The minimum Gasteiger partial charge on any atom is -0.265 e. The molecule has 8 heteroatoms. The van der Waals surface area contributed by atoms with E-state index in [1.807, 2.05) is 0 Å². The maximum absolute atomic E-state index is 11.2. The Labute approximate surface area is 120 Å². The quantitative estimate of drug-likeness (QED) is 0.832. The van der Waals surface area contributed by atoms with Crippen LogP contribution in [0, 0.1) is 11.3 Å². The van der Waals surface area contributed by atoms with E-state index in [2.05, 4.69) is 32.1 Å². The summed E-state index contributed by atoms with van der Waals surface area (Å²) < 4.78 is 2.01. The number of H-pyrrole nitrogens is 1. The summed E-state index contributed by atoms with van der Waals surface area (Å²) in [6, 6.07) is 7.34. The van der Waals surface area contributed by atoms with Gasteiger partial charge in [0.05, 0.1) is 5.56 Å². The molecule has 1 heterocycles. The van der Waals surface area contributed by atoms with E-state index in [4.69, 9.17) is 5.26 Å². The lowest BCUT2D eigenvalue weighted by Crippen LogP contribution is -2.33.